The summed E-state index contributed by atoms with van der Waals surface area (Å²) in [5.41, 5.74) is 1.20. The smallest absolute Gasteiger partial charge is 0.236 e. The van der Waals surface area contributed by atoms with Gasteiger partial charge in [-0.2, -0.15) is 0 Å². The Balaban J connectivity index is 1.98. The number of rotatable bonds is 5. The summed E-state index contributed by atoms with van der Waals surface area (Å²) in [4.78, 5) is 31.6. The van der Waals surface area contributed by atoms with E-state index in [2.05, 4.69) is 11.9 Å². The summed E-state index contributed by atoms with van der Waals surface area (Å²) in [5, 5.41) is 0. The lowest BCUT2D eigenvalue weighted by Gasteiger charge is -2.32. The van der Waals surface area contributed by atoms with Crippen molar-refractivity contribution in [3.8, 4) is 5.75 Å². The van der Waals surface area contributed by atoms with Crippen LogP contribution in [0.3, 0.4) is 0 Å². The van der Waals surface area contributed by atoms with Gasteiger partial charge in [0.1, 0.15) is 0 Å². The molecule has 1 saturated heterocycles. The van der Waals surface area contributed by atoms with Crippen LogP contribution in [0.5, 0.6) is 5.75 Å². The molecule has 23 heavy (non-hydrogen) atoms. The van der Waals surface area contributed by atoms with Crippen LogP contribution >= 0.6 is 0 Å². The number of likely N-dealkylation sites (N-methyl/N-ethyl adjacent to an activating group) is 1. The van der Waals surface area contributed by atoms with Crippen molar-refractivity contribution in [2.75, 3.05) is 33.8 Å². The lowest BCUT2D eigenvalue weighted by atomic mass is 10.0. The summed E-state index contributed by atoms with van der Waals surface area (Å²) in [6, 6.07) is 0. The van der Waals surface area contributed by atoms with Crippen LogP contribution in [0.15, 0.2) is 11.0 Å². The van der Waals surface area contributed by atoms with Crippen molar-refractivity contribution >= 4 is 5.91 Å². The number of aryl methyl sites for hydroxylation is 1. The minimum Gasteiger partial charge on any atom is -0.491 e. The molecule has 1 fully saturated rings. The predicted molar refractivity (Wildman–Crippen MR) is 89.7 cm³/mol. The highest BCUT2D eigenvalue weighted by Gasteiger charge is 2.22. The number of ether oxygens (including phenoxy) is 1. The second-order valence-corrected chi connectivity index (χ2v) is 6.56. The first kappa shape index (κ1) is 17.5. The van der Waals surface area contributed by atoms with Crippen LogP contribution in [-0.2, 0) is 11.3 Å². The molecule has 1 atom stereocenters. The van der Waals surface area contributed by atoms with Gasteiger partial charge in [0.25, 0.3) is 0 Å². The third kappa shape index (κ3) is 4.34. The van der Waals surface area contributed by atoms with Crippen LogP contribution in [0.25, 0.3) is 0 Å². The van der Waals surface area contributed by atoms with E-state index in [0.29, 0.717) is 36.0 Å². The van der Waals surface area contributed by atoms with Crippen molar-refractivity contribution in [1.29, 1.82) is 0 Å². The number of carbonyl (C=O) groups is 1. The van der Waals surface area contributed by atoms with Crippen molar-refractivity contribution in [2.45, 2.75) is 33.2 Å². The van der Waals surface area contributed by atoms with E-state index >= 15 is 0 Å². The molecule has 0 bridgehead atoms. The third-order valence-corrected chi connectivity index (χ3v) is 4.36. The van der Waals surface area contributed by atoms with E-state index in [9.17, 15) is 9.59 Å². The lowest BCUT2D eigenvalue weighted by Crippen LogP contribution is -2.44. The fourth-order valence-corrected chi connectivity index (χ4v) is 3.10. The van der Waals surface area contributed by atoms with Crippen LogP contribution in [0, 0.1) is 12.8 Å². The van der Waals surface area contributed by atoms with Crippen molar-refractivity contribution in [1.82, 2.24) is 14.8 Å². The Morgan fingerprint density at radius 3 is 2.91 bits per heavy atom. The number of aromatic amines is 1. The van der Waals surface area contributed by atoms with E-state index in [1.807, 2.05) is 16.8 Å². The largest absolute Gasteiger partial charge is 0.491 e. The second kappa shape index (κ2) is 7.64. The van der Waals surface area contributed by atoms with Gasteiger partial charge in [-0.15, -0.1) is 0 Å². The second-order valence-electron chi connectivity index (χ2n) is 6.56. The highest BCUT2D eigenvalue weighted by atomic mass is 16.5. The quantitative estimate of drug-likeness (QED) is 0.890. The molecule has 128 valence electrons. The van der Waals surface area contributed by atoms with E-state index in [1.54, 1.807) is 13.1 Å². The Morgan fingerprint density at radius 1 is 1.52 bits per heavy atom. The topological polar surface area (TPSA) is 65.6 Å². The molecule has 1 aliphatic rings. The molecule has 1 amide bonds. The molecule has 1 N–H and O–H groups in total. The fraction of sp³-hybridized carbons (Fsp3) is 0.647. The maximum atomic E-state index is 12.4. The number of nitrogens with one attached hydrogen (secondary N) is 1. The average Bonchev–Trinajstić information content (AvgIpc) is 2.50. The summed E-state index contributed by atoms with van der Waals surface area (Å²) < 4.78 is 5.15. The zero-order chi connectivity index (χ0) is 17.0. The Hall–Kier alpha value is -1.82. The molecule has 0 spiro atoms. The Morgan fingerprint density at radius 2 is 2.26 bits per heavy atom. The molecule has 2 rings (SSSR count). The summed E-state index contributed by atoms with van der Waals surface area (Å²) in [6.07, 6.45) is 3.97. The number of aromatic nitrogens is 1. The number of piperidine rings is 1. The van der Waals surface area contributed by atoms with Gasteiger partial charge in [-0.25, -0.2) is 0 Å². The van der Waals surface area contributed by atoms with E-state index in [0.717, 1.165) is 19.5 Å². The molecule has 0 aliphatic carbocycles. The molecule has 0 radical (unpaired) electrons. The molecule has 1 aliphatic heterocycles. The van der Waals surface area contributed by atoms with E-state index in [1.165, 1.54) is 13.5 Å². The third-order valence-electron chi connectivity index (χ3n) is 4.36. The normalized spacial score (nSPS) is 18.3. The maximum absolute atomic E-state index is 12.4. The number of amides is 1. The number of pyridine rings is 1. The number of hydrogen-bond donors (Lipinski definition) is 1. The number of likely N-dealkylation sites (tertiary alicyclic amines) is 1. The standard InChI is InChI=1S/C17H27N3O3/c1-12-6-5-7-20(9-12)15(21)11-19(3)10-14-8-18-13(2)17(23-4)16(14)22/h8,12H,5-7,9-11H2,1-4H3,(H,18,22). The Bertz CT molecular complexity index is 612. The fourth-order valence-electron chi connectivity index (χ4n) is 3.10. The highest BCUT2D eigenvalue weighted by Crippen LogP contribution is 2.16. The molecule has 6 nitrogen and oxygen atoms in total. The van der Waals surface area contributed by atoms with Crippen molar-refractivity contribution in [3.63, 3.8) is 0 Å². The van der Waals surface area contributed by atoms with Crippen LogP contribution in [0.2, 0.25) is 0 Å². The monoisotopic (exact) mass is 321 g/mol. The van der Waals surface area contributed by atoms with Gasteiger partial charge >= 0.3 is 0 Å². The van der Waals surface area contributed by atoms with Gasteiger partial charge in [-0.05, 0) is 32.7 Å². The SMILES string of the molecule is COc1c(C)[nH]cc(CN(C)CC(=O)N2CCCC(C)C2)c1=O. The zero-order valence-electron chi connectivity index (χ0n) is 14.5. The number of nitrogens with zero attached hydrogens (tertiary/aromatic N) is 2. The average molecular weight is 321 g/mol. The van der Waals surface area contributed by atoms with E-state index in [-0.39, 0.29) is 11.3 Å². The zero-order valence-corrected chi connectivity index (χ0v) is 14.5. The molecular weight excluding hydrogens is 294 g/mol. The highest BCUT2D eigenvalue weighted by molar-refractivity contribution is 5.78. The first-order chi connectivity index (χ1) is 10.9. The van der Waals surface area contributed by atoms with Crippen molar-refractivity contribution < 1.29 is 9.53 Å². The molecule has 1 unspecified atom stereocenters. The molecular formula is C17H27N3O3. The predicted octanol–water partition coefficient (Wildman–Crippen LogP) is 1.38. The summed E-state index contributed by atoms with van der Waals surface area (Å²) in [7, 11) is 3.35. The van der Waals surface area contributed by atoms with Gasteiger partial charge in [-0.3, -0.25) is 14.5 Å². The summed E-state index contributed by atoms with van der Waals surface area (Å²) in [5.74, 6) is 1.05. The van der Waals surface area contributed by atoms with Gasteiger partial charge in [0.15, 0.2) is 5.75 Å². The molecule has 0 aromatic carbocycles. The number of hydrogen-bond acceptors (Lipinski definition) is 4. The number of methoxy groups -OCH3 is 1. The summed E-state index contributed by atoms with van der Waals surface area (Å²) >= 11 is 0. The summed E-state index contributed by atoms with van der Waals surface area (Å²) in [6.45, 7) is 6.40. The van der Waals surface area contributed by atoms with Gasteiger partial charge in [0.2, 0.25) is 11.3 Å². The van der Waals surface area contributed by atoms with Crippen LogP contribution in [0.1, 0.15) is 31.0 Å². The van der Waals surface area contributed by atoms with Crippen LogP contribution < -0.4 is 10.2 Å². The minimum atomic E-state index is -0.116. The Labute approximate surface area is 137 Å². The van der Waals surface area contributed by atoms with Gasteiger partial charge in [0, 0.05) is 31.4 Å². The van der Waals surface area contributed by atoms with Gasteiger partial charge in [-0.1, -0.05) is 6.92 Å². The number of H-pyrrole nitrogens is 1. The van der Waals surface area contributed by atoms with Crippen molar-refractivity contribution in [2.24, 2.45) is 5.92 Å². The molecule has 1 aromatic heterocycles. The van der Waals surface area contributed by atoms with Gasteiger partial charge < -0.3 is 14.6 Å². The lowest BCUT2D eigenvalue weighted by molar-refractivity contribution is -0.133. The molecule has 1 aromatic rings. The van der Waals surface area contributed by atoms with Crippen LogP contribution in [0.4, 0.5) is 0 Å². The number of carbonyl (C=O) groups excluding carboxylic acids is 1. The van der Waals surface area contributed by atoms with Crippen LogP contribution in [-0.4, -0.2) is 54.5 Å². The van der Waals surface area contributed by atoms with Crippen molar-refractivity contribution in [3.05, 3.63) is 27.7 Å². The maximum Gasteiger partial charge on any atom is 0.236 e. The minimum absolute atomic E-state index is 0.116. The Kier molecular flexibility index (Phi) is 5.82. The van der Waals surface area contributed by atoms with E-state index in [4.69, 9.17) is 4.74 Å². The molecule has 2 heterocycles. The molecule has 6 heteroatoms. The van der Waals surface area contributed by atoms with E-state index < -0.39 is 0 Å². The first-order valence-corrected chi connectivity index (χ1v) is 8.13. The molecule has 0 saturated carbocycles. The van der Waals surface area contributed by atoms with Gasteiger partial charge in [0.05, 0.1) is 19.3 Å². The first-order valence-electron chi connectivity index (χ1n) is 8.13.